The van der Waals surface area contributed by atoms with Gasteiger partial charge in [0.1, 0.15) is 0 Å². The maximum Gasteiger partial charge on any atom is 0.225 e. The number of carbonyl (C=O) groups is 1. The summed E-state index contributed by atoms with van der Waals surface area (Å²) in [5.74, 6) is 0.173. The van der Waals surface area contributed by atoms with Gasteiger partial charge in [0.2, 0.25) is 5.91 Å². The lowest BCUT2D eigenvalue weighted by atomic mass is 10.0. The van der Waals surface area contributed by atoms with E-state index in [0.29, 0.717) is 13.0 Å². The molecular formula is C17H23N5O. The molecule has 6 heteroatoms. The maximum absolute atomic E-state index is 12.6. The van der Waals surface area contributed by atoms with Gasteiger partial charge in [0, 0.05) is 32.3 Å². The zero-order valence-electron chi connectivity index (χ0n) is 13.5. The Kier molecular flexibility index (Phi) is 5.02. The van der Waals surface area contributed by atoms with Crippen LogP contribution in [0.3, 0.4) is 0 Å². The molecule has 1 aromatic carbocycles. The third kappa shape index (κ3) is 3.76. The van der Waals surface area contributed by atoms with Crippen LogP contribution in [0.2, 0.25) is 0 Å². The molecule has 0 saturated carbocycles. The molecule has 0 spiro atoms. The molecule has 1 amide bonds. The van der Waals surface area contributed by atoms with Crippen LogP contribution < -0.4 is 5.32 Å². The van der Waals surface area contributed by atoms with Crippen LogP contribution in [0.4, 0.5) is 0 Å². The Hall–Kier alpha value is -2.21. The van der Waals surface area contributed by atoms with Crippen molar-refractivity contribution in [2.75, 3.05) is 19.6 Å². The van der Waals surface area contributed by atoms with E-state index >= 15 is 0 Å². The van der Waals surface area contributed by atoms with Crippen molar-refractivity contribution in [1.29, 1.82) is 0 Å². The van der Waals surface area contributed by atoms with Crippen molar-refractivity contribution in [2.24, 2.45) is 0 Å². The van der Waals surface area contributed by atoms with Gasteiger partial charge >= 0.3 is 0 Å². The van der Waals surface area contributed by atoms with E-state index in [2.05, 4.69) is 46.8 Å². The van der Waals surface area contributed by atoms with Crippen molar-refractivity contribution in [2.45, 2.75) is 32.4 Å². The number of piperazine rings is 1. The van der Waals surface area contributed by atoms with Crippen LogP contribution in [0.25, 0.3) is 0 Å². The van der Waals surface area contributed by atoms with Crippen molar-refractivity contribution in [3.8, 4) is 0 Å². The van der Waals surface area contributed by atoms with Crippen molar-refractivity contribution in [1.82, 2.24) is 25.2 Å². The Morgan fingerprint density at radius 2 is 2.17 bits per heavy atom. The minimum absolute atomic E-state index is 0.109. The maximum atomic E-state index is 12.6. The molecule has 1 aromatic heterocycles. The molecule has 1 N–H and O–H groups in total. The second kappa shape index (κ2) is 7.37. The molecule has 2 aromatic rings. The van der Waals surface area contributed by atoms with E-state index < -0.39 is 0 Å². The number of aryl methyl sites for hydroxylation is 2. The van der Waals surface area contributed by atoms with Gasteiger partial charge in [-0.05, 0) is 17.5 Å². The molecule has 0 bridgehead atoms. The molecule has 3 rings (SSSR count). The van der Waals surface area contributed by atoms with Gasteiger partial charge in [0.05, 0.1) is 18.8 Å². The summed E-state index contributed by atoms with van der Waals surface area (Å²) in [5.41, 5.74) is 2.52. The summed E-state index contributed by atoms with van der Waals surface area (Å²) < 4.78 is 1.70. The molecule has 1 unspecified atom stereocenters. The predicted molar refractivity (Wildman–Crippen MR) is 87.8 cm³/mol. The first-order chi connectivity index (χ1) is 11.3. The number of hydrogen-bond acceptors (Lipinski definition) is 4. The van der Waals surface area contributed by atoms with E-state index in [1.165, 1.54) is 11.1 Å². The summed E-state index contributed by atoms with van der Waals surface area (Å²) in [4.78, 5) is 14.6. The van der Waals surface area contributed by atoms with Crippen LogP contribution in [-0.2, 0) is 17.8 Å². The van der Waals surface area contributed by atoms with Gasteiger partial charge in [-0.1, -0.05) is 36.4 Å². The van der Waals surface area contributed by atoms with Crippen LogP contribution in [0.1, 0.15) is 30.5 Å². The third-order valence-electron chi connectivity index (χ3n) is 4.36. The lowest BCUT2D eigenvalue weighted by Crippen LogP contribution is -2.48. The standard InChI is InChI=1S/C17H23N5O/c1-2-14-3-5-15(6-4-14)16-13-18-8-12-22(16)17(23)7-10-21-11-9-19-20-21/h3-6,9,11,16,18H,2,7-8,10,12-13H2,1H3. The average Bonchev–Trinajstić information content (AvgIpc) is 3.13. The molecule has 1 aliphatic rings. The number of nitrogens with one attached hydrogen (secondary N) is 1. The van der Waals surface area contributed by atoms with Crippen molar-refractivity contribution >= 4 is 5.91 Å². The van der Waals surface area contributed by atoms with E-state index in [-0.39, 0.29) is 11.9 Å². The van der Waals surface area contributed by atoms with E-state index in [9.17, 15) is 4.79 Å². The Morgan fingerprint density at radius 1 is 1.35 bits per heavy atom. The molecule has 6 nitrogen and oxygen atoms in total. The summed E-state index contributed by atoms with van der Waals surface area (Å²) in [6, 6.07) is 8.71. The normalized spacial score (nSPS) is 18.1. The molecule has 1 aliphatic heterocycles. The fourth-order valence-corrected chi connectivity index (χ4v) is 2.98. The Labute approximate surface area is 136 Å². The number of aromatic nitrogens is 3. The second-order valence-electron chi connectivity index (χ2n) is 5.82. The first-order valence-corrected chi connectivity index (χ1v) is 8.21. The highest BCUT2D eigenvalue weighted by molar-refractivity contribution is 5.76. The first-order valence-electron chi connectivity index (χ1n) is 8.21. The highest BCUT2D eigenvalue weighted by atomic mass is 16.2. The Bertz CT molecular complexity index is 623. The number of carbonyl (C=O) groups excluding carboxylic acids is 1. The van der Waals surface area contributed by atoms with Crippen molar-refractivity contribution in [3.63, 3.8) is 0 Å². The van der Waals surface area contributed by atoms with Gasteiger partial charge in [-0.2, -0.15) is 0 Å². The van der Waals surface area contributed by atoms with Crippen LogP contribution in [0.15, 0.2) is 36.7 Å². The number of hydrogen-bond donors (Lipinski definition) is 1. The number of benzene rings is 1. The zero-order valence-corrected chi connectivity index (χ0v) is 13.5. The predicted octanol–water partition coefficient (Wildman–Crippen LogP) is 1.40. The van der Waals surface area contributed by atoms with Crippen molar-refractivity contribution in [3.05, 3.63) is 47.8 Å². The largest absolute Gasteiger partial charge is 0.333 e. The number of nitrogens with zero attached hydrogens (tertiary/aromatic N) is 4. The summed E-state index contributed by atoms with van der Waals surface area (Å²) >= 11 is 0. The first kappa shape index (κ1) is 15.7. The summed E-state index contributed by atoms with van der Waals surface area (Å²) in [6.45, 7) is 5.12. The SMILES string of the molecule is CCc1ccc(C2CNCCN2C(=O)CCn2ccnn2)cc1. The fourth-order valence-electron chi connectivity index (χ4n) is 2.98. The van der Waals surface area contributed by atoms with Gasteiger partial charge in [-0.25, -0.2) is 0 Å². The lowest BCUT2D eigenvalue weighted by molar-refractivity contribution is -0.134. The third-order valence-corrected chi connectivity index (χ3v) is 4.36. The topological polar surface area (TPSA) is 63.1 Å². The van der Waals surface area contributed by atoms with Gasteiger partial charge in [-0.3, -0.25) is 9.48 Å². The summed E-state index contributed by atoms with van der Waals surface area (Å²) in [6.07, 6.45) is 4.90. The quantitative estimate of drug-likeness (QED) is 0.906. The molecule has 0 aliphatic carbocycles. The smallest absolute Gasteiger partial charge is 0.225 e. The molecule has 1 atom stereocenters. The van der Waals surface area contributed by atoms with Crippen LogP contribution in [0.5, 0.6) is 0 Å². The van der Waals surface area contributed by atoms with Crippen LogP contribution in [0, 0.1) is 0 Å². The summed E-state index contributed by atoms with van der Waals surface area (Å²) in [7, 11) is 0. The highest BCUT2D eigenvalue weighted by Gasteiger charge is 2.27. The van der Waals surface area contributed by atoms with Gasteiger partial charge < -0.3 is 10.2 Å². The van der Waals surface area contributed by atoms with Crippen molar-refractivity contribution < 1.29 is 4.79 Å². The van der Waals surface area contributed by atoms with Crippen LogP contribution >= 0.6 is 0 Å². The monoisotopic (exact) mass is 313 g/mol. The average molecular weight is 313 g/mol. The molecule has 0 radical (unpaired) electrons. The molecule has 1 fully saturated rings. The molecule has 122 valence electrons. The van der Waals surface area contributed by atoms with Crippen LogP contribution in [-0.4, -0.2) is 45.4 Å². The number of amides is 1. The molecule has 1 saturated heterocycles. The highest BCUT2D eigenvalue weighted by Crippen LogP contribution is 2.23. The minimum Gasteiger partial charge on any atom is -0.333 e. The number of rotatable bonds is 5. The Morgan fingerprint density at radius 3 is 2.87 bits per heavy atom. The molecular weight excluding hydrogens is 290 g/mol. The van der Waals surface area contributed by atoms with Gasteiger partial charge in [0.25, 0.3) is 0 Å². The lowest BCUT2D eigenvalue weighted by Gasteiger charge is -2.36. The fraction of sp³-hybridized carbons (Fsp3) is 0.471. The second-order valence-corrected chi connectivity index (χ2v) is 5.82. The molecule has 23 heavy (non-hydrogen) atoms. The van der Waals surface area contributed by atoms with E-state index in [1.54, 1.807) is 17.1 Å². The van der Waals surface area contributed by atoms with E-state index in [0.717, 1.165) is 26.1 Å². The van der Waals surface area contributed by atoms with E-state index in [4.69, 9.17) is 0 Å². The van der Waals surface area contributed by atoms with Gasteiger partial charge in [0.15, 0.2) is 0 Å². The summed E-state index contributed by atoms with van der Waals surface area (Å²) in [5, 5.41) is 11.1. The molecule has 2 heterocycles. The zero-order chi connectivity index (χ0) is 16.1. The minimum atomic E-state index is 0.109. The van der Waals surface area contributed by atoms with E-state index in [1.807, 2.05) is 4.90 Å². The van der Waals surface area contributed by atoms with Gasteiger partial charge in [-0.15, -0.1) is 5.10 Å². The Balaban J connectivity index is 1.68.